The molecular weight excluding hydrogens is 220 g/mol. The molecule has 1 aromatic rings. The van der Waals surface area contributed by atoms with Gasteiger partial charge in [-0.3, -0.25) is 5.10 Å². The quantitative estimate of drug-likeness (QED) is 0.687. The van der Waals surface area contributed by atoms with Gasteiger partial charge in [0.2, 0.25) is 0 Å². The third-order valence-electron chi connectivity index (χ3n) is 2.78. The molecule has 0 spiro atoms. The molecule has 1 heterocycles. The summed E-state index contributed by atoms with van der Waals surface area (Å²) in [7, 11) is 0. The van der Waals surface area contributed by atoms with E-state index in [4.69, 9.17) is 0 Å². The molecule has 0 saturated heterocycles. The van der Waals surface area contributed by atoms with Crippen molar-refractivity contribution < 1.29 is 0 Å². The lowest BCUT2D eigenvalue weighted by Crippen LogP contribution is -2.37. The minimum atomic E-state index is 0.556. The van der Waals surface area contributed by atoms with Crippen LogP contribution in [0.15, 0.2) is 11.5 Å². The minimum Gasteiger partial charge on any atom is -0.313 e. The zero-order valence-corrected chi connectivity index (χ0v) is 11.2. The summed E-state index contributed by atoms with van der Waals surface area (Å²) < 4.78 is 0. The van der Waals surface area contributed by atoms with Gasteiger partial charge in [0.25, 0.3) is 0 Å². The fourth-order valence-corrected chi connectivity index (χ4v) is 2.49. The Balaban J connectivity index is 2.37. The van der Waals surface area contributed by atoms with Crippen LogP contribution in [0.1, 0.15) is 33.6 Å². The topological polar surface area (TPSA) is 53.6 Å². The van der Waals surface area contributed by atoms with Crippen LogP contribution in [0.5, 0.6) is 0 Å². The van der Waals surface area contributed by atoms with Gasteiger partial charge in [0.1, 0.15) is 6.33 Å². The third kappa shape index (κ3) is 4.53. The lowest BCUT2D eigenvalue weighted by Gasteiger charge is -2.23. The zero-order chi connectivity index (χ0) is 11.8. The van der Waals surface area contributed by atoms with Crippen LogP contribution in [-0.4, -0.2) is 33.5 Å². The molecular formula is C11H22N4S. The summed E-state index contributed by atoms with van der Waals surface area (Å²) >= 11 is 1.74. The molecule has 0 bridgehead atoms. The highest BCUT2D eigenvalue weighted by Gasteiger charge is 2.15. The van der Waals surface area contributed by atoms with E-state index in [0.717, 1.165) is 17.5 Å². The second kappa shape index (κ2) is 7.68. The van der Waals surface area contributed by atoms with Gasteiger partial charge in [-0.05, 0) is 18.9 Å². The Kier molecular flexibility index (Phi) is 6.49. The molecule has 0 saturated carbocycles. The molecule has 2 N–H and O–H groups in total. The summed E-state index contributed by atoms with van der Waals surface area (Å²) in [5, 5.41) is 11.2. The van der Waals surface area contributed by atoms with E-state index in [9.17, 15) is 0 Å². The second-order valence-electron chi connectivity index (χ2n) is 4.05. The molecule has 4 nitrogen and oxygen atoms in total. The van der Waals surface area contributed by atoms with Gasteiger partial charge >= 0.3 is 0 Å². The van der Waals surface area contributed by atoms with Gasteiger partial charge in [-0.15, -0.1) is 0 Å². The maximum atomic E-state index is 4.12. The van der Waals surface area contributed by atoms with Crippen molar-refractivity contribution in [2.45, 2.75) is 44.8 Å². The molecule has 1 aromatic heterocycles. The molecule has 5 heteroatoms. The number of nitrogens with zero attached hydrogens (tertiary/aromatic N) is 2. The Morgan fingerprint density at radius 2 is 2.31 bits per heavy atom. The van der Waals surface area contributed by atoms with E-state index < -0.39 is 0 Å². The lowest BCUT2D eigenvalue weighted by molar-refractivity contribution is 0.397. The van der Waals surface area contributed by atoms with Crippen molar-refractivity contribution in [3.63, 3.8) is 0 Å². The van der Waals surface area contributed by atoms with Gasteiger partial charge in [-0.25, -0.2) is 4.98 Å². The predicted molar refractivity (Wildman–Crippen MR) is 68.6 cm³/mol. The molecule has 0 aromatic carbocycles. The fourth-order valence-electron chi connectivity index (χ4n) is 1.47. The van der Waals surface area contributed by atoms with E-state index in [1.54, 1.807) is 18.1 Å². The van der Waals surface area contributed by atoms with E-state index in [2.05, 4.69) is 41.3 Å². The number of nitrogens with one attached hydrogen (secondary N) is 2. The smallest absolute Gasteiger partial charge is 0.183 e. The van der Waals surface area contributed by atoms with Crippen LogP contribution in [0.25, 0.3) is 0 Å². The maximum absolute atomic E-state index is 4.12. The van der Waals surface area contributed by atoms with Crippen molar-refractivity contribution in [1.82, 2.24) is 20.5 Å². The summed E-state index contributed by atoms with van der Waals surface area (Å²) in [6.07, 6.45) is 3.94. The largest absolute Gasteiger partial charge is 0.313 e. The number of aromatic nitrogens is 3. The van der Waals surface area contributed by atoms with Gasteiger partial charge < -0.3 is 5.32 Å². The number of hydrogen-bond donors (Lipinski definition) is 2. The summed E-state index contributed by atoms with van der Waals surface area (Å²) in [5.41, 5.74) is 0. The van der Waals surface area contributed by atoms with E-state index >= 15 is 0 Å². The molecule has 92 valence electrons. The number of thioether (sulfide) groups is 1. The third-order valence-corrected chi connectivity index (χ3v) is 3.78. The number of aromatic amines is 1. The standard InChI is InChI=1S/C11H22N4S/c1-4-6-12-10(9(3)5-2)7-16-11-13-8-14-15-11/h8-10,12H,4-7H2,1-3H3,(H,13,14,15). The van der Waals surface area contributed by atoms with Crippen LogP contribution in [0, 0.1) is 5.92 Å². The first kappa shape index (κ1) is 13.5. The van der Waals surface area contributed by atoms with Crippen LogP contribution in [0.3, 0.4) is 0 Å². The number of rotatable bonds is 8. The van der Waals surface area contributed by atoms with Crippen LogP contribution < -0.4 is 5.32 Å². The van der Waals surface area contributed by atoms with Gasteiger partial charge in [-0.1, -0.05) is 39.0 Å². The fraction of sp³-hybridized carbons (Fsp3) is 0.818. The monoisotopic (exact) mass is 242 g/mol. The van der Waals surface area contributed by atoms with Gasteiger partial charge in [0, 0.05) is 11.8 Å². The van der Waals surface area contributed by atoms with Crippen molar-refractivity contribution in [2.75, 3.05) is 12.3 Å². The van der Waals surface area contributed by atoms with Crippen LogP contribution >= 0.6 is 11.8 Å². The normalized spacial score (nSPS) is 14.9. The Bertz CT molecular complexity index is 263. The summed E-state index contributed by atoms with van der Waals surface area (Å²) in [5.74, 6) is 1.74. The highest BCUT2D eigenvalue weighted by atomic mass is 32.2. The SMILES string of the molecule is CCCNC(CSc1ncn[nH]1)C(C)CC. The predicted octanol–water partition coefficient (Wildman–Crippen LogP) is 2.31. The van der Waals surface area contributed by atoms with Gasteiger partial charge in [0.05, 0.1) is 0 Å². The molecule has 0 amide bonds. The van der Waals surface area contributed by atoms with Crippen molar-refractivity contribution in [3.05, 3.63) is 6.33 Å². The molecule has 2 unspecified atom stereocenters. The summed E-state index contributed by atoms with van der Waals surface area (Å²) in [6.45, 7) is 7.83. The first-order chi connectivity index (χ1) is 7.77. The Hall–Kier alpha value is -0.550. The molecule has 16 heavy (non-hydrogen) atoms. The highest BCUT2D eigenvalue weighted by Crippen LogP contribution is 2.17. The number of hydrogen-bond acceptors (Lipinski definition) is 4. The Morgan fingerprint density at radius 1 is 1.50 bits per heavy atom. The number of H-pyrrole nitrogens is 1. The van der Waals surface area contributed by atoms with E-state index in [-0.39, 0.29) is 0 Å². The van der Waals surface area contributed by atoms with Crippen molar-refractivity contribution in [1.29, 1.82) is 0 Å². The average molecular weight is 242 g/mol. The Labute approximate surface area is 102 Å². The first-order valence-corrected chi connectivity index (χ1v) is 6.98. The highest BCUT2D eigenvalue weighted by molar-refractivity contribution is 7.99. The van der Waals surface area contributed by atoms with Crippen molar-refractivity contribution >= 4 is 11.8 Å². The molecule has 0 radical (unpaired) electrons. The lowest BCUT2D eigenvalue weighted by atomic mass is 10.0. The van der Waals surface area contributed by atoms with E-state index in [0.29, 0.717) is 12.0 Å². The van der Waals surface area contributed by atoms with Crippen LogP contribution in [0.4, 0.5) is 0 Å². The summed E-state index contributed by atoms with van der Waals surface area (Å²) in [6, 6.07) is 0.556. The average Bonchev–Trinajstić information content (AvgIpc) is 2.81. The van der Waals surface area contributed by atoms with E-state index in [1.165, 1.54) is 12.8 Å². The molecule has 2 atom stereocenters. The first-order valence-electron chi connectivity index (χ1n) is 5.99. The van der Waals surface area contributed by atoms with Crippen molar-refractivity contribution in [3.8, 4) is 0 Å². The molecule has 0 aliphatic carbocycles. The van der Waals surface area contributed by atoms with E-state index in [1.807, 2.05) is 0 Å². The van der Waals surface area contributed by atoms with Gasteiger partial charge in [-0.2, -0.15) is 5.10 Å². The Morgan fingerprint density at radius 3 is 2.88 bits per heavy atom. The maximum Gasteiger partial charge on any atom is 0.183 e. The molecule has 0 aliphatic rings. The molecule has 1 rings (SSSR count). The second-order valence-corrected chi connectivity index (χ2v) is 5.06. The molecule has 0 fully saturated rings. The van der Waals surface area contributed by atoms with Crippen LogP contribution in [-0.2, 0) is 0 Å². The zero-order valence-electron chi connectivity index (χ0n) is 10.4. The molecule has 0 aliphatic heterocycles. The minimum absolute atomic E-state index is 0.556. The van der Waals surface area contributed by atoms with Gasteiger partial charge in [0.15, 0.2) is 5.16 Å². The van der Waals surface area contributed by atoms with Crippen LogP contribution in [0.2, 0.25) is 0 Å². The van der Waals surface area contributed by atoms with Crippen molar-refractivity contribution in [2.24, 2.45) is 5.92 Å². The summed E-state index contributed by atoms with van der Waals surface area (Å²) in [4.78, 5) is 4.12.